The molecular weight excluding hydrogens is 186 g/mol. The Morgan fingerprint density at radius 3 is 2.60 bits per heavy atom. The molecular formula is C13H13NO. The Bertz CT molecular complexity index is 475. The lowest BCUT2D eigenvalue weighted by molar-refractivity contribution is -0.133. The second kappa shape index (κ2) is 2.72. The standard InChI is InChI=1S/C13H13NO/c1-8-7-11-9-5-3-4-6-10(9)12(8)13(15)14(11)2/h3-7,11-12H,1-2H3. The summed E-state index contributed by atoms with van der Waals surface area (Å²) in [5.41, 5.74) is 3.68. The van der Waals surface area contributed by atoms with Gasteiger partial charge in [-0.25, -0.2) is 0 Å². The first-order valence-electron chi connectivity index (χ1n) is 5.24. The Kier molecular flexibility index (Phi) is 1.58. The molecule has 2 nitrogen and oxygen atoms in total. The van der Waals surface area contributed by atoms with Crippen molar-refractivity contribution >= 4 is 5.91 Å². The quantitative estimate of drug-likeness (QED) is 0.587. The van der Waals surface area contributed by atoms with Crippen molar-refractivity contribution in [3.8, 4) is 0 Å². The number of amides is 1. The minimum Gasteiger partial charge on any atom is -0.334 e. The second-order valence-electron chi connectivity index (χ2n) is 4.37. The van der Waals surface area contributed by atoms with E-state index in [9.17, 15) is 4.79 Å². The van der Waals surface area contributed by atoms with Crippen molar-refractivity contribution in [2.75, 3.05) is 7.05 Å². The van der Waals surface area contributed by atoms with Crippen molar-refractivity contribution < 1.29 is 4.79 Å². The third kappa shape index (κ3) is 0.965. The molecule has 1 aliphatic carbocycles. The molecule has 1 aromatic rings. The van der Waals surface area contributed by atoms with Crippen LogP contribution in [0, 0.1) is 0 Å². The highest BCUT2D eigenvalue weighted by Crippen LogP contribution is 2.45. The van der Waals surface area contributed by atoms with Crippen LogP contribution in [0.1, 0.15) is 30.0 Å². The number of fused-ring (bicyclic) bond motifs is 1. The molecule has 1 amide bonds. The van der Waals surface area contributed by atoms with Crippen LogP contribution in [0.3, 0.4) is 0 Å². The van der Waals surface area contributed by atoms with Gasteiger partial charge < -0.3 is 4.90 Å². The first-order chi connectivity index (χ1) is 7.20. The van der Waals surface area contributed by atoms with Crippen molar-refractivity contribution in [1.29, 1.82) is 0 Å². The van der Waals surface area contributed by atoms with Crippen LogP contribution in [0.5, 0.6) is 0 Å². The molecule has 3 aliphatic rings. The van der Waals surface area contributed by atoms with Crippen LogP contribution in [0.2, 0.25) is 0 Å². The molecule has 0 spiro atoms. The normalized spacial score (nSPS) is 27.7. The van der Waals surface area contributed by atoms with Gasteiger partial charge in [-0.3, -0.25) is 4.79 Å². The number of nitrogens with zero attached hydrogens (tertiary/aromatic N) is 1. The molecule has 2 bridgehead atoms. The maximum atomic E-state index is 12.0. The summed E-state index contributed by atoms with van der Waals surface area (Å²) in [4.78, 5) is 13.9. The summed E-state index contributed by atoms with van der Waals surface area (Å²) in [7, 11) is 1.89. The summed E-state index contributed by atoms with van der Waals surface area (Å²) in [5.74, 6) is 0.204. The van der Waals surface area contributed by atoms with E-state index in [0.717, 1.165) is 0 Å². The summed E-state index contributed by atoms with van der Waals surface area (Å²) >= 11 is 0. The molecule has 2 aliphatic heterocycles. The Morgan fingerprint density at radius 2 is 1.87 bits per heavy atom. The van der Waals surface area contributed by atoms with Gasteiger partial charge in [0.05, 0.1) is 12.0 Å². The summed E-state index contributed by atoms with van der Waals surface area (Å²) < 4.78 is 0. The van der Waals surface area contributed by atoms with Gasteiger partial charge in [0.25, 0.3) is 0 Å². The Labute approximate surface area is 89.2 Å². The van der Waals surface area contributed by atoms with Crippen LogP contribution < -0.4 is 0 Å². The fourth-order valence-corrected chi connectivity index (χ4v) is 2.71. The largest absolute Gasteiger partial charge is 0.334 e. The third-order valence-corrected chi connectivity index (χ3v) is 3.51. The maximum Gasteiger partial charge on any atom is 0.234 e. The third-order valence-electron chi connectivity index (χ3n) is 3.51. The van der Waals surface area contributed by atoms with E-state index in [-0.39, 0.29) is 17.9 Å². The minimum absolute atomic E-state index is 0.0313. The highest BCUT2D eigenvalue weighted by molar-refractivity contribution is 5.91. The zero-order valence-corrected chi connectivity index (χ0v) is 8.90. The number of hydrogen-bond acceptors (Lipinski definition) is 1. The molecule has 0 saturated heterocycles. The van der Waals surface area contributed by atoms with Crippen LogP contribution in [0.15, 0.2) is 35.9 Å². The molecule has 0 fully saturated rings. The number of rotatable bonds is 0. The molecule has 15 heavy (non-hydrogen) atoms. The van der Waals surface area contributed by atoms with Gasteiger partial charge in [-0.05, 0) is 18.1 Å². The lowest BCUT2D eigenvalue weighted by Gasteiger charge is -2.42. The lowest BCUT2D eigenvalue weighted by Crippen LogP contribution is -2.43. The van der Waals surface area contributed by atoms with Crippen LogP contribution >= 0.6 is 0 Å². The van der Waals surface area contributed by atoms with Crippen molar-refractivity contribution in [1.82, 2.24) is 4.90 Å². The van der Waals surface area contributed by atoms with E-state index in [1.807, 2.05) is 24.1 Å². The summed E-state index contributed by atoms with van der Waals surface area (Å²) in [5, 5.41) is 0. The molecule has 2 unspecified atom stereocenters. The molecule has 4 rings (SSSR count). The van der Waals surface area contributed by atoms with Gasteiger partial charge in [0.15, 0.2) is 0 Å². The smallest absolute Gasteiger partial charge is 0.234 e. The van der Waals surface area contributed by atoms with Gasteiger partial charge in [-0.1, -0.05) is 35.9 Å². The van der Waals surface area contributed by atoms with Gasteiger partial charge in [0.2, 0.25) is 5.91 Å². The maximum absolute atomic E-state index is 12.0. The Balaban J connectivity index is 2.28. The molecule has 2 atom stereocenters. The van der Waals surface area contributed by atoms with E-state index >= 15 is 0 Å². The van der Waals surface area contributed by atoms with Crippen molar-refractivity contribution in [2.45, 2.75) is 18.9 Å². The van der Waals surface area contributed by atoms with Crippen molar-refractivity contribution in [2.24, 2.45) is 0 Å². The predicted molar refractivity (Wildman–Crippen MR) is 58.5 cm³/mol. The van der Waals surface area contributed by atoms with Crippen LogP contribution in [-0.4, -0.2) is 17.9 Å². The molecule has 0 aromatic heterocycles. The molecule has 2 heteroatoms. The van der Waals surface area contributed by atoms with Crippen molar-refractivity contribution in [3.05, 3.63) is 47.0 Å². The minimum atomic E-state index is -0.0313. The highest BCUT2D eigenvalue weighted by atomic mass is 16.2. The number of carbonyl (C=O) groups excluding carboxylic acids is 1. The molecule has 76 valence electrons. The summed E-state index contributed by atoms with van der Waals surface area (Å²) in [6.07, 6.45) is 2.20. The Morgan fingerprint density at radius 1 is 1.20 bits per heavy atom. The second-order valence-corrected chi connectivity index (χ2v) is 4.37. The van der Waals surface area contributed by atoms with Gasteiger partial charge in [0.1, 0.15) is 0 Å². The topological polar surface area (TPSA) is 20.3 Å². The number of carbonyl (C=O) groups is 1. The van der Waals surface area contributed by atoms with Gasteiger partial charge >= 0.3 is 0 Å². The van der Waals surface area contributed by atoms with Gasteiger partial charge in [0, 0.05) is 7.05 Å². The fourth-order valence-electron chi connectivity index (χ4n) is 2.71. The van der Waals surface area contributed by atoms with E-state index in [4.69, 9.17) is 0 Å². The van der Waals surface area contributed by atoms with E-state index in [1.54, 1.807) is 0 Å². The highest BCUT2D eigenvalue weighted by Gasteiger charge is 2.41. The zero-order chi connectivity index (χ0) is 10.6. The van der Waals surface area contributed by atoms with Crippen LogP contribution in [0.4, 0.5) is 0 Å². The summed E-state index contributed by atoms with van der Waals surface area (Å²) in [6, 6.07) is 8.41. The van der Waals surface area contributed by atoms with E-state index < -0.39 is 0 Å². The predicted octanol–water partition coefficient (Wildman–Crippen LogP) is 2.24. The molecule has 0 N–H and O–H groups in total. The SMILES string of the molecule is CC1=CC2c3ccccc3C1C(=O)N2C. The zero-order valence-electron chi connectivity index (χ0n) is 8.90. The molecule has 0 radical (unpaired) electrons. The average Bonchev–Trinajstić information content (AvgIpc) is 2.24. The Hall–Kier alpha value is -1.57. The van der Waals surface area contributed by atoms with Crippen LogP contribution in [0.25, 0.3) is 0 Å². The molecule has 0 saturated carbocycles. The van der Waals surface area contributed by atoms with Crippen LogP contribution in [-0.2, 0) is 4.79 Å². The monoisotopic (exact) mass is 199 g/mol. The van der Waals surface area contributed by atoms with Gasteiger partial charge in [-0.2, -0.15) is 0 Å². The number of hydrogen-bond donors (Lipinski definition) is 0. The first-order valence-corrected chi connectivity index (χ1v) is 5.24. The molecule has 2 heterocycles. The average molecular weight is 199 g/mol. The number of benzene rings is 1. The first kappa shape index (κ1) is 8.72. The lowest BCUT2D eigenvalue weighted by atomic mass is 9.75. The van der Waals surface area contributed by atoms with E-state index in [0.29, 0.717) is 0 Å². The fraction of sp³-hybridized carbons (Fsp3) is 0.308. The number of likely N-dealkylation sites (N-methyl/N-ethyl adjacent to an activating group) is 1. The van der Waals surface area contributed by atoms with E-state index in [2.05, 4.69) is 25.1 Å². The molecule has 1 aromatic carbocycles. The van der Waals surface area contributed by atoms with Gasteiger partial charge in [-0.15, -0.1) is 0 Å². The van der Waals surface area contributed by atoms with Crippen molar-refractivity contribution in [3.63, 3.8) is 0 Å². The summed E-state index contributed by atoms with van der Waals surface area (Å²) in [6.45, 7) is 2.05. The van der Waals surface area contributed by atoms with E-state index in [1.165, 1.54) is 16.7 Å².